The summed E-state index contributed by atoms with van der Waals surface area (Å²) in [6, 6.07) is 2.98. The van der Waals surface area contributed by atoms with Crippen molar-refractivity contribution >= 4 is 5.91 Å². The van der Waals surface area contributed by atoms with Crippen molar-refractivity contribution in [3.05, 3.63) is 35.9 Å². The second-order valence-corrected chi connectivity index (χ2v) is 3.48. The van der Waals surface area contributed by atoms with Gasteiger partial charge in [-0.05, 0) is 6.07 Å². The van der Waals surface area contributed by atoms with E-state index in [9.17, 15) is 4.79 Å². The zero-order valence-corrected chi connectivity index (χ0v) is 9.11. The van der Waals surface area contributed by atoms with Crippen LogP contribution in [0.5, 0.6) is 0 Å². The van der Waals surface area contributed by atoms with Gasteiger partial charge < -0.3 is 5.73 Å². The maximum absolute atomic E-state index is 11.3. The maximum Gasteiger partial charge on any atom is 0.252 e. The van der Waals surface area contributed by atoms with Crippen molar-refractivity contribution in [1.29, 1.82) is 5.26 Å². The third-order valence-corrected chi connectivity index (χ3v) is 2.29. The standard InChI is InChI=1S/C10H10N6O/c1-15-6-7(10(12)17)9(14-15)8(5-11)16-4-2-3-13-16/h2-4,6,8H,1H3,(H2,12,17). The molecule has 0 saturated carbocycles. The Morgan fingerprint density at radius 2 is 2.41 bits per heavy atom. The molecule has 1 unspecified atom stereocenters. The Morgan fingerprint density at radius 1 is 1.65 bits per heavy atom. The largest absolute Gasteiger partial charge is 0.365 e. The topological polar surface area (TPSA) is 103 Å². The highest BCUT2D eigenvalue weighted by atomic mass is 16.1. The summed E-state index contributed by atoms with van der Waals surface area (Å²) in [6.07, 6.45) is 4.68. The van der Waals surface area contributed by atoms with Crippen molar-refractivity contribution in [2.45, 2.75) is 6.04 Å². The Hall–Kier alpha value is -2.62. The lowest BCUT2D eigenvalue weighted by atomic mass is 10.1. The quantitative estimate of drug-likeness (QED) is 0.790. The first-order chi connectivity index (χ1) is 8.13. The predicted molar refractivity (Wildman–Crippen MR) is 57.7 cm³/mol. The van der Waals surface area contributed by atoms with E-state index in [1.54, 1.807) is 25.5 Å². The lowest BCUT2D eigenvalue weighted by Gasteiger charge is -2.07. The van der Waals surface area contributed by atoms with Gasteiger partial charge in [0.05, 0.1) is 11.6 Å². The molecule has 17 heavy (non-hydrogen) atoms. The normalized spacial score (nSPS) is 12.0. The smallest absolute Gasteiger partial charge is 0.252 e. The molecule has 2 N–H and O–H groups in total. The van der Waals surface area contributed by atoms with Crippen LogP contribution in [0.2, 0.25) is 0 Å². The molecule has 0 aromatic carbocycles. The van der Waals surface area contributed by atoms with Crippen LogP contribution in [0.4, 0.5) is 0 Å². The number of rotatable bonds is 3. The molecule has 86 valence electrons. The highest BCUT2D eigenvalue weighted by molar-refractivity contribution is 5.94. The summed E-state index contributed by atoms with van der Waals surface area (Å²) in [7, 11) is 1.66. The van der Waals surface area contributed by atoms with Crippen molar-refractivity contribution in [3.8, 4) is 6.07 Å². The van der Waals surface area contributed by atoms with Crippen LogP contribution < -0.4 is 5.73 Å². The fourth-order valence-electron chi connectivity index (χ4n) is 1.58. The summed E-state index contributed by atoms with van der Waals surface area (Å²) >= 11 is 0. The maximum atomic E-state index is 11.3. The molecule has 0 aliphatic heterocycles. The van der Waals surface area contributed by atoms with Gasteiger partial charge >= 0.3 is 0 Å². The second kappa shape index (κ2) is 4.09. The molecule has 7 heteroatoms. The minimum atomic E-state index is -0.756. The fraction of sp³-hybridized carbons (Fsp3) is 0.200. The van der Waals surface area contributed by atoms with E-state index in [2.05, 4.69) is 10.2 Å². The van der Waals surface area contributed by atoms with Gasteiger partial charge in [-0.25, -0.2) is 4.68 Å². The van der Waals surface area contributed by atoms with E-state index in [1.807, 2.05) is 6.07 Å². The Kier molecular flexibility index (Phi) is 2.62. The Labute approximate surface area is 97.1 Å². The molecule has 2 aromatic heterocycles. The summed E-state index contributed by atoms with van der Waals surface area (Å²) in [4.78, 5) is 11.3. The van der Waals surface area contributed by atoms with E-state index in [0.29, 0.717) is 5.69 Å². The Balaban J connectivity index is 2.52. The first-order valence-electron chi connectivity index (χ1n) is 4.85. The molecule has 2 aromatic rings. The zero-order valence-electron chi connectivity index (χ0n) is 9.11. The van der Waals surface area contributed by atoms with Crippen molar-refractivity contribution < 1.29 is 4.79 Å². The van der Waals surface area contributed by atoms with Gasteiger partial charge in [-0.1, -0.05) is 0 Å². The van der Waals surface area contributed by atoms with Gasteiger partial charge in [-0.2, -0.15) is 15.5 Å². The van der Waals surface area contributed by atoms with Gasteiger partial charge in [0.1, 0.15) is 5.69 Å². The number of carbonyl (C=O) groups excluding carboxylic acids is 1. The molecule has 0 radical (unpaired) electrons. The van der Waals surface area contributed by atoms with E-state index < -0.39 is 11.9 Å². The third-order valence-electron chi connectivity index (χ3n) is 2.29. The lowest BCUT2D eigenvalue weighted by molar-refractivity contribution is 0.0999. The Morgan fingerprint density at radius 3 is 2.94 bits per heavy atom. The molecule has 0 fully saturated rings. The third kappa shape index (κ3) is 1.88. The summed E-state index contributed by atoms with van der Waals surface area (Å²) in [6.45, 7) is 0. The van der Waals surface area contributed by atoms with Crippen LogP contribution in [0.15, 0.2) is 24.7 Å². The summed E-state index contributed by atoms with van der Waals surface area (Å²) in [5, 5.41) is 17.2. The first kappa shape index (κ1) is 10.9. The number of nitrogens with zero attached hydrogens (tertiary/aromatic N) is 5. The van der Waals surface area contributed by atoms with Gasteiger partial charge in [0.2, 0.25) is 0 Å². The van der Waals surface area contributed by atoms with Crippen molar-refractivity contribution in [1.82, 2.24) is 19.6 Å². The number of hydrogen-bond donors (Lipinski definition) is 1. The van der Waals surface area contributed by atoms with Crippen molar-refractivity contribution in [2.24, 2.45) is 12.8 Å². The molecular formula is C10H10N6O. The van der Waals surface area contributed by atoms with E-state index in [-0.39, 0.29) is 5.56 Å². The number of carbonyl (C=O) groups is 1. The monoisotopic (exact) mass is 230 g/mol. The fourth-order valence-corrected chi connectivity index (χ4v) is 1.58. The minimum Gasteiger partial charge on any atom is -0.365 e. The number of nitrogens with two attached hydrogens (primary N) is 1. The summed E-state index contributed by atoms with van der Waals surface area (Å²) in [5.41, 5.74) is 5.78. The molecule has 0 aliphatic rings. The van der Waals surface area contributed by atoms with Crippen LogP contribution in [-0.2, 0) is 7.05 Å². The average Bonchev–Trinajstić information content (AvgIpc) is 2.89. The second-order valence-electron chi connectivity index (χ2n) is 3.48. The predicted octanol–water partition coefficient (Wildman–Crippen LogP) is -0.172. The molecule has 7 nitrogen and oxygen atoms in total. The van der Waals surface area contributed by atoms with Crippen LogP contribution in [0, 0.1) is 11.3 Å². The lowest BCUT2D eigenvalue weighted by Crippen LogP contribution is -2.17. The van der Waals surface area contributed by atoms with Crippen molar-refractivity contribution in [3.63, 3.8) is 0 Å². The van der Waals surface area contributed by atoms with Crippen LogP contribution in [-0.4, -0.2) is 25.5 Å². The van der Waals surface area contributed by atoms with Gasteiger partial charge in [-0.3, -0.25) is 9.48 Å². The van der Waals surface area contributed by atoms with E-state index in [4.69, 9.17) is 11.0 Å². The minimum absolute atomic E-state index is 0.231. The van der Waals surface area contributed by atoms with Gasteiger partial charge in [-0.15, -0.1) is 0 Å². The molecular weight excluding hydrogens is 220 g/mol. The van der Waals surface area contributed by atoms with E-state index >= 15 is 0 Å². The van der Waals surface area contributed by atoms with Crippen LogP contribution in [0.1, 0.15) is 22.1 Å². The molecule has 0 bridgehead atoms. The average molecular weight is 230 g/mol. The number of primary amides is 1. The molecule has 2 rings (SSSR count). The van der Waals surface area contributed by atoms with E-state index in [0.717, 1.165) is 0 Å². The number of amides is 1. The number of nitriles is 1. The number of aryl methyl sites for hydroxylation is 1. The highest BCUT2D eigenvalue weighted by Crippen LogP contribution is 2.18. The summed E-state index contributed by atoms with van der Waals surface area (Å²) in [5.74, 6) is -0.611. The Bertz CT molecular complexity index is 576. The molecule has 0 aliphatic carbocycles. The molecule has 2 heterocycles. The SMILES string of the molecule is Cn1cc(C(N)=O)c(C(C#N)n2cccn2)n1. The van der Waals surface area contributed by atoms with Gasteiger partial charge in [0.25, 0.3) is 5.91 Å². The number of aromatic nitrogens is 4. The van der Waals surface area contributed by atoms with Gasteiger partial charge in [0, 0.05) is 25.6 Å². The van der Waals surface area contributed by atoms with Crippen LogP contribution in [0.3, 0.4) is 0 Å². The van der Waals surface area contributed by atoms with Crippen LogP contribution in [0.25, 0.3) is 0 Å². The number of hydrogen-bond acceptors (Lipinski definition) is 4. The molecule has 1 amide bonds. The van der Waals surface area contributed by atoms with Gasteiger partial charge in [0.15, 0.2) is 6.04 Å². The van der Waals surface area contributed by atoms with E-state index in [1.165, 1.54) is 15.6 Å². The summed E-state index contributed by atoms with van der Waals surface area (Å²) < 4.78 is 2.87. The highest BCUT2D eigenvalue weighted by Gasteiger charge is 2.23. The zero-order chi connectivity index (χ0) is 12.4. The molecule has 0 spiro atoms. The first-order valence-corrected chi connectivity index (χ1v) is 4.85. The van der Waals surface area contributed by atoms with Crippen LogP contribution >= 0.6 is 0 Å². The molecule has 0 saturated heterocycles. The van der Waals surface area contributed by atoms with Crippen molar-refractivity contribution in [2.75, 3.05) is 0 Å². The molecule has 1 atom stereocenters.